The Morgan fingerprint density at radius 1 is 1.38 bits per heavy atom. The highest BCUT2D eigenvalue weighted by Crippen LogP contribution is 2.22. The summed E-state index contributed by atoms with van der Waals surface area (Å²) in [5.74, 6) is -2.54. The summed E-state index contributed by atoms with van der Waals surface area (Å²) in [7, 11) is 0. The van der Waals surface area contributed by atoms with E-state index in [2.05, 4.69) is 0 Å². The van der Waals surface area contributed by atoms with Crippen LogP contribution < -0.4 is 0 Å². The number of nitrogens with zero attached hydrogens (tertiary/aromatic N) is 1. The Labute approximate surface area is 91.5 Å². The second kappa shape index (κ2) is 5.58. The van der Waals surface area contributed by atoms with Crippen LogP contribution in [0.1, 0.15) is 12.8 Å². The van der Waals surface area contributed by atoms with Crippen molar-refractivity contribution < 1.29 is 23.5 Å². The fourth-order valence-electron chi connectivity index (χ4n) is 1.66. The van der Waals surface area contributed by atoms with Gasteiger partial charge in [-0.2, -0.15) is 0 Å². The summed E-state index contributed by atoms with van der Waals surface area (Å²) in [6.45, 7) is 0.409. The lowest BCUT2D eigenvalue weighted by atomic mass is 9.98. The number of hydrogen-bond donors (Lipinski definition) is 1. The maximum atomic E-state index is 12.4. The zero-order valence-corrected chi connectivity index (χ0v) is 8.60. The molecule has 0 bridgehead atoms. The monoisotopic (exact) mass is 233 g/mol. The molecule has 0 spiro atoms. The number of piperidine rings is 1. The lowest BCUT2D eigenvalue weighted by Gasteiger charge is -2.31. The first-order valence-electron chi connectivity index (χ1n) is 4.98. The zero-order chi connectivity index (χ0) is 12.1. The summed E-state index contributed by atoms with van der Waals surface area (Å²) >= 11 is 0. The highest BCUT2D eigenvalue weighted by molar-refractivity contribution is 5.93. The topological polar surface area (TPSA) is 57.6 Å². The minimum absolute atomic E-state index is 0.000455. The molecule has 4 nitrogen and oxygen atoms in total. The molecule has 1 N–H and O–H groups in total. The van der Waals surface area contributed by atoms with E-state index in [0.29, 0.717) is 25.5 Å². The van der Waals surface area contributed by atoms with Gasteiger partial charge in [0.15, 0.2) is 0 Å². The molecule has 0 aliphatic carbocycles. The van der Waals surface area contributed by atoms with Crippen LogP contribution in [0.4, 0.5) is 8.78 Å². The number of carboxylic acids is 1. The summed E-state index contributed by atoms with van der Waals surface area (Å²) in [6.07, 6.45) is 0.120. The van der Waals surface area contributed by atoms with E-state index < -0.39 is 24.2 Å². The summed E-state index contributed by atoms with van der Waals surface area (Å²) in [4.78, 5) is 22.8. The third-order valence-corrected chi connectivity index (χ3v) is 2.49. The third-order valence-electron chi connectivity index (χ3n) is 2.49. The zero-order valence-electron chi connectivity index (χ0n) is 8.60. The van der Waals surface area contributed by atoms with E-state index in [1.54, 1.807) is 0 Å². The van der Waals surface area contributed by atoms with Crippen molar-refractivity contribution in [1.82, 2.24) is 4.90 Å². The average molecular weight is 233 g/mol. The van der Waals surface area contributed by atoms with Gasteiger partial charge in [-0.05, 0) is 12.8 Å². The first-order chi connectivity index (χ1) is 7.50. The standard InChI is InChI=1S/C10H13F2NO3/c11-10(12)7-2-1-5-13(6-7)8(14)3-4-9(15)16/h3-4,7,10H,1-2,5-6H2,(H,15,16)/b4-3+/t7-/m0/s1. The number of hydrogen-bond acceptors (Lipinski definition) is 2. The van der Waals surface area contributed by atoms with Gasteiger partial charge in [-0.15, -0.1) is 0 Å². The SMILES string of the molecule is O=C(O)/C=C/C(=O)N1CCC[C@H](C(F)F)C1. The normalized spacial score (nSPS) is 21.7. The van der Waals surface area contributed by atoms with Gasteiger partial charge < -0.3 is 10.0 Å². The van der Waals surface area contributed by atoms with Gasteiger partial charge in [-0.25, -0.2) is 13.6 Å². The fraction of sp³-hybridized carbons (Fsp3) is 0.600. The molecule has 0 aromatic heterocycles. The smallest absolute Gasteiger partial charge is 0.328 e. The number of rotatable bonds is 3. The largest absolute Gasteiger partial charge is 0.478 e. The van der Waals surface area contributed by atoms with Crippen LogP contribution >= 0.6 is 0 Å². The number of carbonyl (C=O) groups excluding carboxylic acids is 1. The van der Waals surface area contributed by atoms with Crippen LogP contribution in [-0.4, -0.2) is 41.4 Å². The molecule has 90 valence electrons. The molecule has 1 atom stereocenters. The maximum Gasteiger partial charge on any atom is 0.328 e. The highest BCUT2D eigenvalue weighted by atomic mass is 19.3. The molecule has 1 aliphatic heterocycles. The lowest BCUT2D eigenvalue weighted by molar-refractivity contribution is -0.133. The Hall–Kier alpha value is -1.46. The minimum Gasteiger partial charge on any atom is -0.478 e. The average Bonchev–Trinajstić information content (AvgIpc) is 2.26. The number of aliphatic carboxylic acids is 1. The molecule has 0 aromatic carbocycles. The van der Waals surface area contributed by atoms with Gasteiger partial charge in [0.05, 0.1) is 0 Å². The number of carboxylic acid groups (broad SMARTS) is 1. The Morgan fingerprint density at radius 3 is 2.62 bits per heavy atom. The Kier molecular flexibility index (Phi) is 4.39. The predicted octanol–water partition coefficient (Wildman–Crippen LogP) is 1.13. The molecule has 1 aliphatic rings. The van der Waals surface area contributed by atoms with Crippen molar-refractivity contribution in [3.63, 3.8) is 0 Å². The molecule has 16 heavy (non-hydrogen) atoms. The van der Waals surface area contributed by atoms with Gasteiger partial charge in [0, 0.05) is 31.2 Å². The van der Waals surface area contributed by atoms with E-state index in [1.807, 2.05) is 0 Å². The Morgan fingerprint density at radius 2 is 2.06 bits per heavy atom. The number of halogens is 2. The Balaban J connectivity index is 2.53. The van der Waals surface area contributed by atoms with Crippen LogP contribution in [0.5, 0.6) is 0 Å². The maximum absolute atomic E-state index is 12.4. The second-order valence-electron chi connectivity index (χ2n) is 3.69. The lowest BCUT2D eigenvalue weighted by Crippen LogP contribution is -2.41. The predicted molar refractivity (Wildman–Crippen MR) is 52.1 cm³/mol. The van der Waals surface area contributed by atoms with E-state index in [1.165, 1.54) is 4.90 Å². The van der Waals surface area contributed by atoms with Crippen LogP contribution in [0, 0.1) is 5.92 Å². The van der Waals surface area contributed by atoms with Crippen molar-refractivity contribution in [2.24, 2.45) is 5.92 Å². The molecule has 1 rings (SSSR count). The van der Waals surface area contributed by atoms with E-state index in [4.69, 9.17) is 5.11 Å². The quantitative estimate of drug-likeness (QED) is 0.743. The molecular formula is C10H13F2NO3. The molecule has 1 saturated heterocycles. The number of carbonyl (C=O) groups is 2. The molecule has 1 fully saturated rings. The summed E-state index contributed by atoms with van der Waals surface area (Å²) in [5.41, 5.74) is 0. The number of amides is 1. The second-order valence-corrected chi connectivity index (χ2v) is 3.69. The molecule has 0 aromatic rings. The van der Waals surface area contributed by atoms with Gasteiger partial charge >= 0.3 is 5.97 Å². The molecular weight excluding hydrogens is 220 g/mol. The van der Waals surface area contributed by atoms with E-state index in [9.17, 15) is 18.4 Å². The summed E-state index contributed by atoms with van der Waals surface area (Å²) in [6, 6.07) is 0. The number of likely N-dealkylation sites (tertiary alicyclic amines) is 1. The van der Waals surface area contributed by atoms with Gasteiger partial charge in [0.2, 0.25) is 12.3 Å². The third kappa shape index (κ3) is 3.60. The molecule has 1 amide bonds. The molecule has 0 unspecified atom stereocenters. The van der Waals surface area contributed by atoms with Crippen molar-refractivity contribution in [3.05, 3.63) is 12.2 Å². The van der Waals surface area contributed by atoms with E-state index >= 15 is 0 Å². The van der Waals surface area contributed by atoms with Crippen LogP contribution in [0.15, 0.2) is 12.2 Å². The number of alkyl halides is 2. The van der Waals surface area contributed by atoms with Gasteiger partial charge in [0.1, 0.15) is 0 Å². The van der Waals surface area contributed by atoms with Crippen LogP contribution in [0.3, 0.4) is 0 Å². The van der Waals surface area contributed by atoms with Crippen LogP contribution in [0.2, 0.25) is 0 Å². The van der Waals surface area contributed by atoms with Crippen molar-refractivity contribution >= 4 is 11.9 Å². The fourth-order valence-corrected chi connectivity index (χ4v) is 1.66. The van der Waals surface area contributed by atoms with E-state index in [-0.39, 0.29) is 6.54 Å². The summed E-state index contributed by atoms with van der Waals surface area (Å²) < 4.78 is 24.8. The first-order valence-corrected chi connectivity index (χ1v) is 4.98. The van der Waals surface area contributed by atoms with Crippen molar-refractivity contribution in [2.75, 3.05) is 13.1 Å². The first kappa shape index (κ1) is 12.6. The van der Waals surface area contributed by atoms with Gasteiger partial charge in [-0.3, -0.25) is 4.79 Å². The molecule has 0 saturated carbocycles. The minimum atomic E-state index is -2.43. The van der Waals surface area contributed by atoms with Crippen molar-refractivity contribution in [3.8, 4) is 0 Å². The van der Waals surface area contributed by atoms with Crippen molar-refractivity contribution in [1.29, 1.82) is 0 Å². The van der Waals surface area contributed by atoms with Gasteiger partial charge in [-0.1, -0.05) is 0 Å². The van der Waals surface area contributed by atoms with E-state index in [0.717, 1.165) is 6.08 Å². The Bertz CT molecular complexity index is 304. The van der Waals surface area contributed by atoms with Crippen LogP contribution in [0.25, 0.3) is 0 Å². The van der Waals surface area contributed by atoms with Crippen molar-refractivity contribution in [2.45, 2.75) is 19.3 Å². The van der Waals surface area contributed by atoms with Crippen LogP contribution in [-0.2, 0) is 9.59 Å². The molecule has 1 heterocycles. The van der Waals surface area contributed by atoms with Gasteiger partial charge in [0.25, 0.3) is 0 Å². The summed E-state index contributed by atoms with van der Waals surface area (Å²) in [5, 5.41) is 8.32. The molecule has 0 radical (unpaired) electrons. The highest BCUT2D eigenvalue weighted by Gasteiger charge is 2.28. The molecule has 6 heteroatoms.